The summed E-state index contributed by atoms with van der Waals surface area (Å²) in [5.74, 6) is -0.285. The van der Waals surface area contributed by atoms with Crippen molar-refractivity contribution in [1.29, 1.82) is 0 Å². The van der Waals surface area contributed by atoms with E-state index < -0.39 is 6.03 Å². The van der Waals surface area contributed by atoms with E-state index in [1.165, 1.54) is 0 Å². The van der Waals surface area contributed by atoms with E-state index in [-0.39, 0.29) is 12.5 Å². The van der Waals surface area contributed by atoms with E-state index in [0.29, 0.717) is 17.3 Å². The standard InChI is InChI=1S/C19H23ClN4O2/c1-2-21-11-15-4-3-5-17(10-15)24-18(25)13-23-19(26)22-12-14-6-8-16(20)9-7-14/h3-10,21H,2,11-13H2,1H3,(H,24,25)(H2,22,23,26). The minimum atomic E-state index is -0.406. The van der Waals surface area contributed by atoms with Gasteiger partial charge in [0.05, 0.1) is 6.54 Å². The Morgan fingerprint density at radius 1 is 0.962 bits per heavy atom. The van der Waals surface area contributed by atoms with Crippen LogP contribution in [-0.4, -0.2) is 25.0 Å². The average molecular weight is 375 g/mol. The lowest BCUT2D eigenvalue weighted by Crippen LogP contribution is -2.39. The highest BCUT2D eigenvalue weighted by Gasteiger charge is 2.06. The highest BCUT2D eigenvalue weighted by molar-refractivity contribution is 6.30. The molecule has 2 rings (SSSR count). The van der Waals surface area contributed by atoms with E-state index in [2.05, 4.69) is 21.3 Å². The monoisotopic (exact) mass is 374 g/mol. The molecule has 7 heteroatoms. The molecule has 3 amide bonds. The maximum atomic E-state index is 12.0. The average Bonchev–Trinajstić information content (AvgIpc) is 2.64. The van der Waals surface area contributed by atoms with Gasteiger partial charge in [0.2, 0.25) is 5.91 Å². The van der Waals surface area contributed by atoms with Crippen molar-refractivity contribution in [1.82, 2.24) is 16.0 Å². The Morgan fingerprint density at radius 2 is 1.73 bits per heavy atom. The van der Waals surface area contributed by atoms with Crippen LogP contribution in [0.3, 0.4) is 0 Å². The zero-order valence-electron chi connectivity index (χ0n) is 14.6. The molecule has 2 aromatic rings. The number of hydrogen-bond donors (Lipinski definition) is 4. The highest BCUT2D eigenvalue weighted by atomic mass is 35.5. The van der Waals surface area contributed by atoms with Crippen LogP contribution >= 0.6 is 11.6 Å². The fraction of sp³-hybridized carbons (Fsp3) is 0.263. The van der Waals surface area contributed by atoms with E-state index in [1.54, 1.807) is 12.1 Å². The third-order valence-corrected chi connectivity index (χ3v) is 3.82. The van der Waals surface area contributed by atoms with Gasteiger partial charge < -0.3 is 21.3 Å². The van der Waals surface area contributed by atoms with Crippen LogP contribution in [0, 0.1) is 0 Å². The second kappa shape index (κ2) is 10.4. The second-order valence-electron chi connectivity index (χ2n) is 5.69. The molecule has 0 aliphatic carbocycles. The largest absolute Gasteiger partial charge is 0.334 e. The van der Waals surface area contributed by atoms with Gasteiger partial charge in [-0.25, -0.2) is 4.79 Å². The van der Waals surface area contributed by atoms with E-state index in [9.17, 15) is 9.59 Å². The summed E-state index contributed by atoms with van der Waals surface area (Å²) in [6.45, 7) is 3.91. The molecule has 0 aromatic heterocycles. The van der Waals surface area contributed by atoms with Gasteiger partial charge in [-0.05, 0) is 41.9 Å². The van der Waals surface area contributed by atoms with Gasteiger partial charge in [-0.3, -0.25) is 4.79 Å². The SMILES string of the molecule is CCNCc1cccc(NC(=O)CNC(=O)NCc2ccc(Cl)cc2)c1. The van der Waals surface area contributed by atoms with Crippen LogP contribution in [0.4, 0.5) is 10.5 Å². The predicted octanol–water partition coefficient (Wildman–Crippen LogP) is 2.89. The summed E-state index contributed by atoms with van der Waals surface area (Å²) < 4.78 is 0. The van der Waals surface area contributed by atoms with Crippen LogP contribution < -0.4 is 21.3 Å². The number of rotatable bonds is 8. The van der Waals surface area contributed by atoms with Gasteiger partial charge in [-0.2, -0.15) is 0 Å². The molecule has 0 unspecified atom stereocenters. The molecule has 2 aromatic carbocycles. The Balaban J connectivity index is 1.72. The first-order chi connectivity index (χ1) is 12.6. The maximum absolute atomic E-state index is 12.0. The van der Waals surface area contributed by atoms with Crippen LogP contribution in [0.1, 0.15) is 18.1 Å². The number of urea groups is 1. The van der Waals surface area contributed by atoms with Gasteiger partial charge in [-0.1, -0.05) is 42.8 Å². The van der Waals surface area contributed by atoms with Crippen LogP contribution in [0.5, 0.6) is 0 Å². The zero-order chi connectivity index (χ0) is 18.8. The fourth-order valence-corrected chi connectivity index (χ4v) is 2.37. The van der Waals surface area contributed by atoms with Crippen LogP contribution in [0.2, 0.25) is 5.02 Å². The summed E-state index contributed by atoms with van der Waals surface area (Å²) in [7, 11) is 0. The van der Waals surface area contributed by atoms with E-state index in [4.69, 9.17) is 11.6 Å². The topological polar surface area (TPSA) is 82.3 Å². The Kier molecular flexibility index (Phi) is 7.92. The summed E-state index contributed by atoms with van der Waals surface area (Å²) in [6, 6.07) is 14.4. The summed E-state index contributed by atoms with van der Waals surface area (Å²) in [5.41, 5.74) is 2.71. The first-order valence-corrected chi connectivity index (χ1v) is 8.80. The van der Waals surface area contributed by atoms with Crippen LogP contribution in [0.15, 0.2) is 48.5 Å². The lowest BCUT2D eigenvalue weighted by Gasteiger charge is -2.10. The maximum Gasteiger partial charge on any atom is 0.315 e. The minimum absolute atomic E-state index is 0.107. The van der Waals surface area contributed by atoms with E-state index in [0.717, 1.165) is 24.2 Å². The van der Waals surface area contributed by atoms with Crippen molar-refractivity contribution in [3.8, 4) is 0 Å². The van der Waals surface area contributed by atoms with Gasteiger partial charge in [0.15, 0.2) is 0 Å². The molecule has 6 nitrogen and oxygen atoms in total. The molecule has 0 atom stereocenters. The number of carbonyl (C=O) groups excluding carboxylic acids is 2. The molecule has 0 spiro atoms. The first-order valence-electron chi connectivity index (χ1n) is 8.42. The molecular weight excluding hydrogens is 352 g/mol. The first kappa shape index (κ1) is 19.8. The summed E-state index contributed by atoms with van der Waals surface area (Å²) >= 11 is 5.81. The Hall–Kier alpha value is -2.57. The third-order valence-electron chi connectivity index (χ3n) is 3.57. The highest BCUT2D eigenvalue weighted by Crippen LogP contribution is 2.10. The Bertz CT molecular complexity index is 735. The molecule has 4 N–H and O–H groups in total. The number of carbonyl (C=O) groups is 2. The quantitative estimate of drug-likeness (QED) is 0.573. The van der Waals surface area contributed by atoms with Crippen molar-refractivity contribution < 1.29 is 9.59 Å². The lowest BCUT2D eigenvalue weighted by molar-refractivity contribution is -0.115. The van der Waals surface area contributed by atoms with Crippen LogP contribution in [-0.2, 0) is 17.9 Å². The molecule has 0 bridgehead atoms. The molecule has 0 aliphatic heterocycles. The summed E-state index contributed by atoms with van der Waals surface area (Å²) in [6.07, 6.45) is 0. The molecular formula is C19H23ClN4O2. The smallest absolute Gasteiger partial charge is 0.315 e. The summed E-state index contributed by atoms with van der Waals surface area (Å²) in [4.78, 5) is 23.7. The molecule has 0 saturated carbocycles. The van der Waals surface area contributed by atoms with Gasteiger partial charge in [0.25, 0.3) is 0 Å². The Morgan fingerprint density at radius 3 is 2.46 bits per heavy atom. The number of amides is 3. The van der Waals surface area contributed by atoms with Gasteiger partial charge in [-0.15, -0.1) is 0 Å². The van der Waals surface area contributed by atoms with E-state index >= 15 is 0 Å². The van der Waals surface area contributed by atoms with Crippen molar-refractivity contribution in [3.63, 3.8) is 0 Å². The van der Waals surface area contributed by atoms with Gasteiger partial charge in [0, 0.05) is 23.8 Å². The van der Waals surface area contributed by atoms with Crippen molar-refractivity contribution >= 4 is 29.2 Å². The van der Waals surface area contributed by atoms with Gasteiger partial charge in [0.1, 0.15) is 0 Å². The molecule has 0 saturated heterocycles. The van der Waals surface area contributed by atoms with Crippen LogP contribution in [0.25, 0.3) is 0 Å². The molecule has 0 aliphatic rings. The van der Waals surface area contributed by atoms with Crippen molar-refractivity contribution in [2.24, 2.45) is 0 Å². The third kappa shape index (κ3) is 7.13. The second-order valence-corrected chi connectivity index (χ2v) is 6.13. The number of anilines is 1. The van der Waals surface area contributed by atoms with Gasteiger partial charge >= 0.3 is 6.03 Å². The lowest BCUT2D eigenvalue weighted by atomic mass is 10.2. The van der Waals surface area contributed by atoms with Crippen molar-refractivity contribution in [2.45, 2.75) is 20.0 Å². The molecule has 26 heavy (non-hydrogen) atoms. The number of halogens is 1. The fourth-order valence-electron chi connectivity index (χ4n) is 2.24. The normalized spacial score (nSPS) is 10.2. The summed E-state index contributed by atoms with van der Waals surface area (Å²) in [5, 5.41) is 11.9. The van der Waals surface area contributed by atoms with Crippen molar-refractivity contribution in [3.05, 3.63) is 64.7 Å². The van der Waals surface area contributed by atoms with E-state index in [1.807, 2.05) is 43.3 Å². The number of nitrogens with one attached hydrogen (secondary N) is 4. The number of benzene rings is 2. The number of hydrogen-bond acceptors (Lipinski definition) is 3. The zero-order valence-corrected chi connectivity index (χ0v) is 15.4. The predicted molar refractivity (Wildman–Crippen MR) is 104 cm³/mol. The molecule has 0 radical (unpaired) electrons. The van der Waals surface area contributed by atoms with Crippen molar-refractivity contribution in [2.75, 3.05) is 18.4 Å². The molecule has 0 fully saturated rings. The minimum Gasteiger partial charge on any atom is -0.334 e. The molecule has 138 valence electrons. The molecule has 0 heterocycles. The Labute approximate surface area is 158 Å².